The predicted molar refractivity (Wildman–Crippen MR) is 241 cm³/mol. The number of amides is 8. The Labute approximate surface area is 391 Å². The number of rotatable bonds is 29. The van der Waals surface area contributed by atoms with E-state index >= 15 is 0 Å². The summed E-state index contributed by atoms with van der Waals surface area (Å²) in [6.07, 6.45) is -4.12. The van der Waals surface area contributed by atoms with Crippen LogP contribution in [0.1, 0.15) is 94.9 Å². The number of aliphatic hydroxyl groups excluding tert-OH is 4. The molecule has 0 fully saturated rings. The molecule has 0 saturated heterocycles. The van der Waals surface area contributed by atoms with E-state index in [2.05, 4.69) is 36.9 Å². The second-order valence-corrected chi connectivity index (χ2v) is 17.7. The molecule has 0 heterocycles. The van der Waals surface area contributed by atoms with E-state index in [9.17, 15) is 58.5 Å². The van der Waals surface area contributed by atoms with Crippen LogP contribution in [0.4, 0.5) is 4.79 Å². The number of aliphatic carboxylic acids is 1. The number of hydrogen-bond acceptors (Lipinski definition) is 15. The molecular weight excluding hydrogens is 887 g/mol. The number of carbonyl (C=O) groups excluding carboxylic acids is 8. The molecule has 0 bridgehead atoms. The van der Waals surface area contributed by atoms with Crippen LogP contribution >= 0.6 is 0 Å². The number of alkyl carbamates (subject to hydrolysis) is 1. The lowest BCUT2D eigenvalue weighted by Crippen LogP contribution is -2.62. The highest BCUT2D eigenvalue weighted by Crippen LogP contribution is 2.14. The quantitative estimate of drug-likeness (QED) is 0.0191. The smallest absolute Gasteiger partial charge is 0.408 e. The molecule has 0 rings (SSSR count). The number of hydrogen-bond donors (Lipinski definition) is 15. The van der Waals surface area contributed by atoms with E-state index in [0.717, 1.165) is 6.92 Å². The number of nitrogens with zero attached hydrogens (tertiary/aromatic N) is 1. The molecule has 0 aliphatic rings. The van der Waals surface area contributed by atoms with Gasteiger partial charge in [-0.3, -0.25) is 38.6 Å². The Bertz CT molecular complexity index is 1740. The van der Waals surface area contributed by atoms with Crippen molar-refractivity contribution in [1.29, 1.82) is 0 Å². The fraction of sp³-hybridized carbons (Fsp3) is 0.756. The number of nitrogens with two attached hydrogens (primary N) is 2. The van der Waals surface area contributed by atoms with E-state index in [1.165, 1.54) is 0 Å². The Morgan fingerprint density at radius 2 is 1.22 bits per heavy atom. The first kappa shape index (κ1) is 59.2. The van der Waals surface area contributed by atoms with Crippen molar-refractivity contribution in [1.82, 2.24) is 42.5 Å². The number of aliphatic imine (C=N–C) groups is 1. The van der Waals surface area contributed by atoms with Gasteiger partial charge in [-0.05, 0) is 64.7 Å². The lowest BCUT2D eigenvalue weighted by molar-refractivity contribution is -0.143. The Balaban J connectivity index is 6.57. The molecule has 0 aromatic heterocycles. The number of carbonyl (C=O) groups is 9. The highest BCUT2D eigenvalue weighted by molar-refractivity contribution is 5.97. The van der Waals surface area contributed by atoms with Crippen LogP contribution in [0.2, 0.25) is 1.41 Å². The van der Waals surface area contributed by atoms with E-state index in [-0.39, 0.29) is 44.1 Å². The normalized spacial score (nSPS) is 16.1. The summed E-state index contributed by atoms with van der Waals surface area (Å²) in [6, 6.07) is -11.4. The van der Waals surface area contributed by atoms with E-state index < -0.39 is 145 Å². The minimum absolute atomic E-state index is 0.00714. The van der Waals surface area contributed by atoms with Crippen molar-refractivity contribution in [3.8, 4) is 0 Å². The third-order valence-electron chi connectivity index (χ3n) is 9.73. The second kappa shape index (κ2) is 29.7. The Morgan fingerprint density at radius 1 is 0.687 bits per heavy atom. The number of nitrogens with one attached hydrogen (secondary N) is 8. The molecule has 0 radical (unpaired) electrons. The summed E-state index contributed by atoms with van der Waals surface area (Å²) < 4.78 is 14.1. The zero-order chi connectivity index (χ0) is 52.8. The Kier molecular flexibility index (Phi) is 26.2. The monoisotopic (exact) mass is 963 g/mol. The molecule has 0 aliphatic heterocycles. The zero-order valence-corrected chi connectivity index (χ0v) is 40.0. The van der Waals surface area contributed by atoms with Crippen LogP contribution in [0.5, 0.6) is 0 Å². The molecule has 384 valence electrons. The van der Waals surface area contributed by atoms with Crippen LogP contribution < -0.4 is 54.0 Å². The number of carboxylic acids is 1. The Hall–Kier alpha value is -5.86. The molecule has 0 aromatic carbocycles. The maximum absolute atomic E-state index is 14.1. The fourth-order valence-corrected chi connectivity index (χ4v) is 5.83. The van der Waals surface area contributed by atoms with Crippen molar-refractivity contribution < 1.29 is 74.8 Å². The first-order valence-corrected chi connectivity index (χ1v) is 21.9. The number of ether oxygens (including phenoxy) is 1. The summed E-state index contributed by atoms with van der Waals surface area (Å²) >= 11 is 0. The average Bonchev–Trinajstić information content (AvgIpc) is 3.24. The van der Waals surface area contributed by atoms with Gasteiger partial charge in [0.1, 0.15) is 47.9 Å². The number of guanidine groups is 1. The van der Waals surface area contributed by atoms with Gasteiger partial charge in [-0.1, -0.05) is 48.0 Å². The van der Waals surface area contributed by atoms with Gasteiger partial charge < -0.3 is 84.3 Å². The molecule has 17 N–H and O–H groups in total. The minimum atomic E-state index is -1.74. The molecule has 0 aliphatic carbocycles. The Morgan fingerprint density at radius 3 is 1.70 bits per heavy atom. The van der Waals surface area contributed by atoms with Gasteiger partial charge in [0.2, 0.25) is 41.4 Å². The van der Waals surface area contributed by atoms with Crippen molar-refractivity contribution in [3.63, 3.8) is 0 Å². The molecule has 26 heteroatoms. The van der Waals surface area contributed by atoms with Crippen LogP contribution in [0.3, 0.4) is 0 Å². The van der Waals surface area contributed by atoms with E-state index in [4.69, 9.17) is 27.8 Å². The molecule has 26 nitrogen and oxygen atoms in total. The lowest BCUT2D eigenvalue weighted by atomic mass is 9.96. The summed E-state index contributed by atoms with van der Waals surface area (Å²) in [6.45, 7) is 12.8. The third-order valence-corrected chi connectivity index (χ3v) is 9.73. The molecule has 10 atom stereocenters. The van der Waals surface area contributed by atoms with Crippen molar-refractivity contribution in [2.45, 2.75) is 155 Å². The maximum Gasteiger partial charge on any atom is 0.408 e. The largest absolute Gasteiger partial charge is 0.480 e. The summed E-state index contributed by atoms with van der Waals surface area (Å²) in [5.74, 6) is -10.8. The maximum atomic E-state index is 14.1. The van der Waals surface area contributed by atoms with Gasteiger partial charge in [-0.15, -0.1) is 0 Å². The first-order valence-electron chi connectivity index (χ1n) is 22.3. The van der Waals surface area contributed by atoms with E-state index in [1.807, 2.05) is 5.32 Å². The van der Waals surface area contributed by atoms with Gasteiger partial charge in [-0.2, -0.15) is 0 Å². The standard InChI is InChI=1S/C41H75N11O15/c1-11-21(6)28(36(62)51-29(22(7)55)35(61)45-16-27(56)46-25(17-53)34(60)49-26(18-54)38(64)65)50-32(58)23(13-12-14-44-39(42)43)47-33(59)24(15-19(2)3)48-37(63)30(31(57)20(4)5)52-40(66)67-41(8,9)10/h19-26,28-31,53-55,57H,11-18H2,1-10H3,(H,45,61)(H,46,56)(H,47,59)(H,48,63)(H,49,60)(H,50,58)(H,51,62)(H,52,66)(H,64,65)(H4,42,43,44)/t21-,22-,23-,24-,25-,26-,28-,29-,30-,31+/m0/s1/i/hD. The molecule has 0 aromatic rings. The van der Waals surface area contributed by atoms with Crippen molar-refractivity contribution in [2.75, 3.05) is 26.3 Å². The third kappa shape index (κ3) is 23.4. The van der Waals surface area contributed by atoms with Gasteiger partial charge in [0.05, 0.1) is 32.0 Å². The van der Waals surface area contributed by atoms with Crippen LogP contribution in [0.25, 0.3) is 0 Å². The first-order chi connectivity index (χ1) is 31.4. The van der Waals surface area contributed by atoms with Gasteiger partial charge in [0, 0.05) is 6.54 Å². The fourth-order valence-electron chi connectivity index (χ4n) is 5.83. The molecule has 67 heavy (non-hydrogen) atoms. The minimum Gasteiger partial charge on any atom is -0.480 e. The van der Waals surface area contributed by atoms with Crippen molar-refractivity contribution >= 4 is 59.4 Å². The molecule has 0 spiro atoms. The summed E-state index contributed by atoms with van der Waals surface area (Å²) in [4.78, 5) is 122. The van der Waals surface area contributed by atoms with Crippen molar-refractivity contribution in [2.24, 2.45) is 34.2 Å². The van der Waals surface area contributed by atoms with Crippen molar-refractivity contribution in [3.05, 3.63) is 0 Å². The van der Waals surface area contributed by atoms with E-state index in [1.54, 1.807) is 62.3 Å². The van der Waals surface area contributed by atoms with Crippen LogP contribution in [-0.2, 0) is 43.1 Å². The average molecular weight is 963 g/mol. The van der Waals surface area contributed by atoms with Gasteiger partial charge in [0.15, 0.2) is 7.37 Å². The van der Waals surface area contributed by atoms with Crippen LogP contribution in [0, 0.1) is 17.8 Å². The molecule has 0 saturated carbocycles. The highest BCUT2D eigenvalue weighted by atomic mass is 16.6. The number of carboxylic acid groups (broad SMARTS) is 1. The molecular formula is C41H75N11O15. The topological polar surface area (TPSA) is 425 Å². The summed E-state index contributed by atoms with van der Waals surface area (Å²) in [5, 5.41) is 65.5. The predicted octanol–water partition coefficient (Wildman–Crippen LogP) is -4.48. The van der Waals surface area contributed by atoms with Gasteiger partial charge in [-0.25, -0.2) is 9.59 Å². The zero-order valence-electron chi connectivity index (χ0n) is 41.0. The summed E-state index contributed by atoms with van der Waals surface area (Å²) in [5.41, 5.74) is 9.93. The SMILES string of the molecule is [2H]N(C(=O)[C@@H](NC(=O)OC(C)(C)C)[C@H](O)C(C)C)[C@@H](CC(C)C)C(=O)N[C@@H](CCCN=C(N)N)C(=O)N[C@H](C(=O)N[C@H](C(=O)NCC(=O)N[C@@H](CO)C(=O)N[C@@H](CO)C(=O)O)[C@H](C)O)[C@@H](C)CC. The van der Waals surface area contributed by atoms with Gasteiger partial charge >= 0.3 is 12.1 Å². The number of aliphatic hydroxyl groups is 4. The second-order valence-electron chi connectivity index (χ2n) is 17.7. The van der Waals surface area contributed by atoms with Crippen LogP contribution in [-0.4, -0.2) is 171 Å². The van der Waals surface area contributed by atoms with Crippen LogP contribution in [0.15, 0.2) is 4.99 Å². The van der Waals surface area contributed by atoms with Gasteiger partial charge in [0.25, 0.3) is 0 Å². The lowest BCUT2D eigenvalue weighted by Gasteiger charge is -2.31. The molecule has 0 unspecified atom stereocenters. The molecule has 8 amide bonds. The van der Waals surface area contributed by atoms with E-state index in [0.29, 0.717) is 5.31 Å². The summed E-state index contributed by atoms with van der Waals surface area (Å²) in [7, 11) is 0. The highest BCUT2D eigenvalue weighted by Gasteiger charge is 2.38.